The van der Waals surface area contributed by atoms with Gasteiger partial charge in [0.2, 0.25) is 0 Å². The highest BCUT2D eigenvalue weighted by Crippen LogP contribution is 2.17. The lowest BCUT2D eigenvalue weighted by molar-refractivity contribution is -0.166. The maximum atomic E-state index is 12.9. The van der Waals surface area contributed by atoms with Crippen LogP contribution < -0.4 is 0 Å². The van der Waals surface area contributed by atoms with Gasteiger partial charge in [-0.3, -0.25) is 14.4 Å². The molecule has 1 atom stereocenters. The van der Waals surface area contributed by atoms with Crippen LogP contribution in [0.15, 0.2) is 109 Å². The minimum Gasteiger partial charge on any atom is -0.462 e. The molecule has 0 saturated heterocycles. The smallest absolute Gasteiger partial charge is 0.306 e. The Labute approximate surface area is 476 Å². The lowest BCUT2D eigenvalue weighted by atomic mass is 10.0. The summed E-state index contributed by atoms with van der Waals surface area (Å²) in [6, 6.07) is 0. The van der Waals surface area contributed by atoms with Gasteiger partial charge in [-0.2, -0.15) is 0 Å². The molecule has 6 heteroatoms. The van der Waals surface area contributed by atoms with Gasteiger partial charge in [-0.05, 0) is 89.9 Å². The van der Waals surface area contributed by atoms with Gasteiger partial charge in [0.25, 0.3) is 0 Å². The maximum absolute atomic E-state index is 12.9. The first kappa shape index (κ1) is 73.1. The summed E-state index contributed by atoms with van der Waals surface area (Å²) in [7, 11) is 0. The van der Waals surface area contributed by atoms with Gasteiger partial charge in [-0.25, -0.2) is 0 Å². The highest BCUT2D eigenvalue weighted by Gasteiger charge is 2.19. The highest BCUT2D eigenvalue weighted by molar-refractivity contribution is 5.71. The van der Waals surface area contributed by atoms with Crippen LogP contribution in [0.4, 0.5) is 0 Å². The van der Waals surface area contributed by atoms with Gasteiger partial charge in [0.1, 0.15) is 13.2 Å². The fourth-order valence-corrected chi connectivity index (χ4v) is 9.01. The molecule has 0 N–H and O–H groups in total. The molecule has 0 fully saturated rings. The molecular formula is C71H120O6. The Morgan fingerprint density at radius 2 is 0.532 bits per heavy atom. The van der Waals surface area contributed by atoms with E-state index in [0.717, 1.165) is 116 Å². The Kier molecular flexibility index (Phi) is 61.3. The van der Waals surface area contributed by atoms with E-state index in [-0.39, 0.29) is 37.5 Å². The molecule has 0 spiro atoms. The molecule has 0 bridgehead atoms. The van der Waals surface area contributed by atoms with Crippen LogP contribution in [0.5, 0.6) is 0 Å². The monoisotopic (exact) mass is 1070 g/mol. The van der Waals surface area contributed by atoms with E-state index in [1.54, 1.807) is 0 Å². The number of ether oxygens (including phenoxy) is 3. The molecular weight excluding hydrogens is 949 g/mol. The van der Waals surface area contributed by atoms with Crippen molar-refractivity contribution in [2.24, 2.45) is 0 Å². The second-order valence-electron chi connectivity index (χ2n) is 21.3. The molecule has 0 aromatic carbocycles. The number of hydrogen-bond donors (Lipinski definition) is 0. The average molecular weight is 1070 g/mol. The van der Waals surface area contributed by atoms with E-state index in [4.69, 9.17) is 14.2 Å². The van der Waals surface area contributed by atoms with Crippen molar-refractivity contribution in [3.63, 3.8) is 0 Å². The van der Waals surface area contributed by atoms with E-state index in [9.17, 15) is 14.4 Å². The van der Waals surface area contributed by atoms with Crippen molar-refractivity contribution in [3.05, 3.63) is 109 Å². The van der Waals surface area contributed by atoms with Gasteiger partial charge >= 0.3 is 17.9 Å². The van der Waals surface area contributed by atoms with Crippen molar-refractivity contribution < 1.29 is 28.6 Å². The minimum absolute atomic E-state index is 0.107. The van der Waals surface area contributed by atoms with Crippen molar-refractivity contribution in [2.75, 3.05) is 13.2 Å². The van der Waals surface area contributed by atoms with Gasteiger partial charge in [-0.1, -0.05) is 304 Å². The molecule has 440 valence electrons. The fraction of sp³-hybridized carbons (Fsp3) is 0.704. The molecule has 77 heavy (non-hydrogen) atoms. The summed E-state index contributed by atoms with van der Waals surface area (Å²) in [5.74, 6) is -1.00. The third kappa shape index (κ3) is 62.8. The summed E-state index contributed by atoms with van der Waals surface area (Å²) < 4.78 is 16.8. The third-order valence-corrected chi connectivity index (χ3v) is 13.8. The normalized spacial score (nSPS) is 12.8. The van der Waals surface area contributed by atoms with Crippen molar-refractivity contribution in [2.45, 2.75) is 309 Å². The maximum Gasteiger partial charge on any atom is 0.306 e. The Bertz CT molecular complexity index is 1560. The Hall–Kier alpha value is -3.93. The van der Waals surface area contributed by atoms with Crippen LogP contribution in [0.25, 0.3) is 0 Å². The van der Waals surface area contributed by atoms with Crippen molar-refractivity contribution >= 4 is 17.9 Å². The van der Waals surface area contributed by atoms with Gasteiger partial charge in [0, 0.05) is 19.3 Å². The van der Waals surface area contributed by atoms with Gasteiger partial charge < -0.3 is 14.2 Å². The van der Waals surface area contributed by atoms with E-state index in [0.29, 0.717) is 19.3 Å². The molecule has 0 heterocycles. The summed E-state index contributed by atoms with van der Waals surface area (Å²) in [6.07, 6.45) is 88.4. The number of allylic oxidation sites excluding steroid dienone is 18. The largest absolute Gasteiger partial charge is 0.462 e. The SMILES string of the molecule is CC/C=C\C/C=C\C/C=C\C/C=C\C/C=C\CCCCCCCC(=O)OC(COC(=O)CC/C=C\C/C=C\C/C=C\C/C=C\CC)COC(=O)CCCCCCCCCCCCCCCCCCCCCCCCCCC. The second-order valence-corrected chi connectivity index (χ2v) is 21.3. The summed E-state index contributed by atoms with van der Waals surface area (Å²) in [4.78, 5) is 38.3. The van der Waals surface area contributed by atoms with E-state index >= 15 is 0 Å². The predicted octanol–water partition coefficient (Wildman–Crippen LogP) is 22.2. The van der Waals surface area contributed by atoms with Crippen LogP contribution in [0.3, 0.4) is 0 Å². The summed E-state index contributed by atoms with van der Waals surface area (Å²) in [5.41, 5.74) is 0. The van der Waals surface area contributed by atoms with Crippen LogP contribution in [-0.2, 0) is 28.6 Å². The first-order chi connectivity index (χ1) is 38.0. The summed E-state index contributed by atoms with van der Waals surface area (Å²) in [6.45, 7) is 6.36. The summed E-state index contributed by atoms with van der Waals surface area (Å²) in [5, 5.41) is 0. The Morgan fingerprint density at radius 3 is 0.870 bits per heavy atom. The van der Waals surface area contributed by atoms with E-state index < -0.39 is 6.10 Å². The van der Waals surface area contributed by atoms with Crippen molar-refractivity contribution in [3.8, 4) is 0 Å². The standard InChI is InChI=1S/C71H120O6/c1-4-7-10-13-16-19-22-25-27-29-31-33-34-35-36-38-39-41-43-46-49-52-55-58-61-64-70(73)76-67-68(66-75-69(72)63-60-57-54-51-48-45-24-21-18-15-12-9-6-3)77-71(74)65-62-59-56-53-50-47-44-42-40-37-32-30-28-26-23-20-17-14-11-8-5-2/h8-9,11-12,17-18,20-21,26,28,32,37,42,44-45,48,54,57,68H,4-7,10,13-16,19,22-25,27,29-31,33-36,38-41,43,46-47,49-53,55-56,58-67H2,1-3H3/b11-8-,12-9-,20-17-,21-18-,28-26-,37-32-,44-42-,48-45-,57-54-. The van der Waals surface area contributed by atoms with Crippen LogP contribution >= 0.6 is 0 Å². The predicted molar refractivity (Wildman–Crippen MR) is 334 cm³/mol. The van der Waals surface area contributed by atoms with Crippen LogP contribution in [0, 0.1) is 0 Å². The average Bonchev–Trinajstić information content (AvgIpc) is 3.43. The van der Waals surface area contributed by atoms with Crippen molar-refractivity contribution in [1.82, 2.24) is 0 Å². The number of carbonyl (C=O) groups is 3. The quantitative estimate of drug-likeness (QED) is 0.0261. The second kappa shape index (κ2) is 64.6. The van der Waals surface area contributed by atoms with Gasteiger partial charge in [0.15, 0.2) is 6.10 Å². The van der Waals surface area contributed by atoms with Crippen LogP contribution in [0.2, 0.25) is 0 Å². The summed E-state index contributed by atoms with van der Waals surface area (Å²) >= 11 is 0. The third-order valence-electron chi connectivity index (χ3n) is 13.8. The van der Waals surface area contributed by atoms with E-state index in [2.05, 4.69) is 124 Å². The first-order valence-electron chi connectivity index (χ1n) is 32.4. The lowest BCUT2D eigenvalue weighted by Gasteiger charge is -2.18. The molecule has 0 amide bonds. The molecule has 0 aromatic heterocycles. The molecule has 0 saturated carbocycles. The molecule has 6 nitrogen and oxygen atoms in total. The molecule has 0 rings (SSSR count). The molecule has 0 aromatic rings. The molecule has 0 aliphatic heterocycles. The van der Waals surface area contributed by atoms with E-state index in [1.165, 1.54) is 141 Å². The highest BCUT2D eigenvalue weighted by atomic mass is 16.6. The molecule has 0 aliphatic rings. The number of unbranched alkanes of at least 4 members (excludes halogenated alkanes) is 29. The number of rotatable bonds is 58. The topological polar surface area (TPSA) is 78.9 Å². The number of esters is 3. The Morgan fingerprint density at radius 1 is 0.273 bits per heavy atom. The van der Waals surface area contributed by atoms with Crippen molar-refractivity contribution in [1.29, 1.82) is 0 Å². The van der Waals surface area contributed by atoms with Crippen LogP contribution in [0.1, 0.15) is 303 Å². The first-order valence-corrected chi connectivity index (χ1v) is 32.4. The molecule has 0 aliphatic carbocycles. The Balaban J connectivity index is 4.36. The zero-order chi connectivity index (χ0) is 55.7. The molecule has 1 unspecified atom stereocenters. The minimum atomic E-state index is -0.819. The zero-order valence-corrected chi connectivity index (χ0v) is 50.4. The fourth-order valence-electron chi connectivity index (χ4n) is 9.01. The zero-order valence-electron chi connectivity index (χ0n) is 50.4. The number of hydrogen-bond acceptors (Lipinski definition) is 6. The van der Waals surface area contributed by atoms with Crippen LogP contribution in [-0.4, -0.2) is 37.2 Å². The number of carbonyl (C=O) groups excluding carboxylic acids is 3. The van der Waals surface area contributed by atoms with Gasteiger partial charge in [-0.15, -0.1) is 0 Å². The lowest BCUT2D eigenvalue weighted by Crippen LogP contribution is -2.30. The van der Waals surface area contributed by atoms with E-state index in [1.807, 2.05) is 6.08 Å². The molecule has 0 radical (unpaired) electrons. The van der Waals surface area contributed by atoms with Gasteiger partial charge in [0.05, 0.1) is 0 Å².